The lowest BCUT2D eigenvalue weighted by Gasteiger charge is -2.03. The highest BCUT2D eigenvalue weighted by Crippen LogP contribution is 2.02. The van der Waals surface area contributed by atoms with Crippen molar-refractivity contribution in [3.05, 3.63) is 0 Å². The Morgan fingerprint density at radius 3 is 2.40 bits per heavy atom. The van der Waals surface area contributed by atoms with E-state index in [2.05, 4.69) is 5.32 Å². The zero-order chi connectivity index (χ0) is 7.98. The first-order valence-electron chi connectivity index (χ1n) is 3.71. The third-order valence-corrected chi connectivity index (χ3v) is 1.38. The van der Waals surface area contributed by atoms with Crippen LogP contribution in [0.3, 0.4) is 0 Å². The molecule has 0 amide bonds. The minimum absolute atomic E-state index is 0.310. The highest BCUT2D eigenvalue weighted by molar-refractivity contribution is 5.59. The molecule has 0 bridgehead atoms. The minimum Gasteiger partial charge on any atom is -0.391 e. The van der Waals surface area contributed by atoms with Crippen molar-refractivity contribution >= 4 is 6.29 Å². The van der Waals surface area contributed by atoms with Crippen LogP contribution in [-0.2, 0) is 4.79 Å². The molecule has 0 aromatic rings. The van der Waals surface area contributed by atoms with Crippen molar-refractivity contribution in [1.29, 1.82) is 0 Å². The lowest BCUT2D eigenvalue weighted by Crippen LogP contribution is -2.31. The molecule has 1 fully saturated rings. The van der Waals surface area contributed by atoms with E-state index in [-0.39, 0.29) is 6.04 Å². The van der Waals surface area contributed by atoms with Gasteiger partial charge in [-0.2, -0.15) is 0 Å². The number of nitrogens with one attached hydrogen (secondary N) is 1. The second kappa shape index (κ2) is 5.38. The van der Waals surface area contributed by atoms with Gasteiger partial charge in [0, 0.05) is 0 Å². The molecule has 1 rings (SSSR count). The summed E-state index contributed by atoms with van der Waals surface area (Å²) >= 11 is 0. The van der Waals surface area contributed by atoms with Crippen molar-refractivity contribution in [2.24, 2.45) is 0 Å². The normalized spacial score (nSPS) is 30.7. The molecule has 0 aromatic carbocycles. The number of carbonyl (C=O) groups excluding carboxylic acids is 1. The Morgan fingerprint density at radius 1 is 1.60 bits per heavy atom. The molecule has 2 atom stereocenters. The third-order valence-electron chi connectivity index (χ3n) is 1.38. The zero-order valence-corrected chi connectivity index (χ0v) is 6.50. The number of hydrogen-bond donors (Lipinski definition) is 2. The first kappa shape index (κ1) is 9.59. The van der Waals surface area contributed by atoms with Crippen molar-refractivity contribution in [3.63, 3.8) is 0 Å². The SMILES string of the molecule is CC.O=CC1NCCC1O. The van der Waals surface area contributed by atoms with Crippen LogP contribution in [0, 0.1) is 0 Å². The Hall–Kier alpha value is -0.410. The van der Waals surface area contributed by atoms with Crippen molar-refractivity contribution in [2.45, 2.75) is 32.4 Å². The van der Waals surface area contributed by atoms with Crippen LogP contribution in [0.15, 0.2) is 0 Å². The molecule has 1 aliphatic rings. The average Bonchev–Trinajstić information content (AvgIpc) is 2.39. The molecule has 1 saturated heterocycles. The molecule has 2 unspecified atom stereocenters. The molecular formula is C7H15NO2. The molecular weight excluding hydrogens is 130 g/mol. The highest BCUT2D eigenvalue weighted by atomic mass is 16.3. The summed E-state index contributed by atoms with van der Waals surface area (Å²) in [6.07, 6.45) is 0.994. The summed E-state index contributed by atoms with van der Waals surface area (Å²) in [4.78, 5) is 10.00. The average molecular weight is 145 g/mol. The maximum atomic E-state index is 10.00. The van der Waals surface area contributed by atoms with Crippen LogP contribution in [0.2, 0.25) is 0 Å². The summed E-state index contributed by atoms with van der Waals surface area (Å²) in [5, 5.41) is 11.7. The van der Waals surface area contributed by atoms with Crippen LogP contribution < -0.4 is 5.32 Å². The summed E-state index contributed by atoms with van der Waals surface area (Å²) in [7, 11) is 0. The van der Waals surface area contributed by atoms with Crippen LogP contribution in [0.1, 0.15) is 20.3 Å². The lowest BCUT2D eigenvalue weighted by molar-refractivity contribution is -0.110. The van der Waals surface area contributed by atoms with Crippen molar-refractivity contribution in [2.75, 3.05) is 6.54 Å². The molecule has 0 aromatic heterocycles. The third kappa shape index (κ3) is 2.45. The second-order valence-corrected chi connectivity index (χ2v) is 1.97. The van der Waals surface area contributed by atoms with Gasteiger partial charge in [-0.3, -0.25) is 0 Å². The van der Waals surface area contributed by atoms with Gasteiger partial charge >= 0.3 is 0 Å². The first-order chi connectivity index (χ1) is 4.84. The van der Waals surface area contributed by atoms with Crippen molar-refractivity contribution in [3.8, 4) is 0 Å². The predicted molar refractivity (Wildman–Crippen MR) is 39.8 cm³/mol. The van der Waals surface area contributed by atoms with Crippen LogP contribution >= 0.6 is 0 Å². The van der Waals surface area contributed by atoms with E-state index in [9.17, 15) is 4.79 Å². The quantitative estimate of drug-likeness (QED) is 0.508. The Balaban J connectivity index is 0.000000371. The van der Waals surface area contributed by atoms with Gasteiger partial charge in [-0.05, 0) is 13.0 Å². The zero-order valence-electron chi connectivity index (χ0n) is 6.50. The Bertz CT molecular complexity index is 95.6. The highest BCUT2D eigenvalue weighted by Gasteiger charge is 2.22. The van der Waals surface area contributed by atoms with E-state index in [0.717, 1.165) is 12.8 Å². The summed E-state index contributed by atoms with van der Waals surface area (Å²) in [6, 6.07) is -0.310. The van der Waals surface area contributed by atoms with Gasteiger partial charge in [0.2, 0.25) is 0 Å². The molecule has 3 nitrogen and oxygen atoms in total. The Labute approximate surface area is 61.4 Å². The molecule has 0 aliphatic carbocycles. The molecule has 0 spiro atoms. The van der Waals surface area contributed by atoms with Crippen LogP contribution in [0.25, 0.3) is 0 Å². The fraction of sp³-hybridized carbons (Fsp3) is 0.857. The van der Waals surface area contributed by atoms with E-state index in [0.29, 0.717) is 6.42 Å². The topological polar surface area (TPSA) is 49.3 Å². The van der Waals surface area contributed by atoms with Gasteiger partial charge in [0.15, 0.2) is 0 Å². The largest absolute Gasteiger partial charge is 0.391 e. The van der Waals surface area contributed by atoms with E-state index in [1.54, 1.807) is 0 Å². The molecule has 2 N–H and O–H groups in total. The fourth-order valence-corrected chi connectivity index (χ4v) is 0.852. The molecule has 0 saturated carbocycles. The van der Waals surface area contributed by atoms with E-state index in [4.69, 9.17) is 5.11 Å². The minimum atomic E-state index is -0.451. The van der Waals surface area contributed by atoms with Crippen LogP contribution in [-0.4, -0.2) is 30.1 Å². The number of aliphatic hydroxyl groups is 1. The second-order valence-electron chi connectivity index (χ2n) is 1.97. The predicted octanol–water partition coefficient (Wildman–Crippen LogP) is -0.0657. The number of rotatable bonds is 1. The van der Waals surface area contributed by atoms with Gasteiger partial charge in [0.1, 0.15) is 6.29 Å². The van der Waals surface area contributed by atoms with Gasteiger partial charge in [0.25, 0.3) is 0 Å². The fourth-order valence-electron chi connectivity index (χ4n) is 0.852. The summed E-state index contributed by atoms with van der Waals surface area (Å²) < 4.78 is 0. The Morgan fingerprint density at radius 2 is 2.20 bits per heavy atom. The van der Waals surface area contributed by atoms with Crippen LogP contribution in [0.4, 0.5) is 0 Å². The summed E-state index contributed by atoms with van der Waals surface area (Å²) in [5.41, 5.74) is 0. The number of carbonyl (C=O) groups is 1. The maximum Gasteiger partial charge on any atom is 0.139 e. The van der Waals surface area contributed by atoms with Gasteiger partial charge in [-0.15, -0.1) is 0 Å². The van der Waals surface area contributed by atoms with Gasteiger partial charge in [-0.1, -0.05) is 13.8 Å². The van der Waals surface area contributed by atoms with E-state index in [1.807, 2.05) is 13.8 Å². The van der Waals surface area contributed by atoms with Crippen molar-refractivity contribution < 1.29 is 9.90 Å². The van der Waals surface area contributed by atoms with Gasteiger partial charge in [0.05, 0.1) is 12.1 Å². The summed E-state index contributed by atoms with van der Waals surface area (Å²) in [5.74, 6) is 0. The van der Waals surface area contributed by atoms with E-state index >= 15 is 0 Å². The monoisotopic (exact) mass is 145 g/mol. The molecule has 60 valence electrons. The number of aliphatic hydroxyl groups excluding tert-OH is 1. The van der Waals surface area contributed by atoms with Crippen LogP contribution in [0.5, 0.6) is 0 Å². The molecule has 10 heavy (non-hydrogen) atoms. The molecule has 0 radical (unpaired) electrons. The smallest absolute Gasteiger partial charge is 0.139 e. The van der Waals surface area contributed by atoms with Crippen molar-refractivity contribution in [1.82, 2.24) is 5.32 Å². The number of aldehydes is 1. The van der Waals surface area contributed by atoms with E-state index < -0.39 is 6.10 Å². The van der Waals surface area contributed by atoms with Gasteiger partial charge < -0.3 is 15.2 Å². The van der Waals surface area contributed by atoms with Gasteiger partial charge in [-0.25, -0.2) is 0 Å². The first-order valence-corrected chi connectivity index (χ1v) is 3.71. The molecule has 1 heterocycles. The molecule has 1 aliphatic heterocycles. The summed E-state index contributed by atoms with van der Waals surface area (Å²) in [6.45, 7) is 4.75. The standard InChI is InChI=1S/C5H9NO2.C2H6/c7-3-4-5(8)1-2-6-4;1-2/h3-6,8H,1-2H2;1-2H3. The maximum absolute atomic E-state index is 10.00. The molecule has 3 heteroatoms. The lowest BCUT2D eigenvalue weighted by atomic mass is 10.2. The number of hydrogen-bond acceptors (Lipinski definition) is 3. The van der Waals surface area contributed by atoms with E-state index in [1.165, 1.54) is 0 Å². The Kier molecular flexibility index (Phi) is 5.16.